The van der Waals surface area contributed by atoms with E-state index in [9.17, 15) is 4.79 Å². The topological polar surface area (TPSA) is 62.8 Å². The fourth-order valence-electron chi connectivity index (χ4n) is 4.05. The highest BCUT2D eigenvalue weighted by Crippen LogP contribution is 2.24. The van der Waals surface area contributed by atoms with E-state index in [1.165, 1.54) is 0 Å². The van der Waals surface area contributed by atoms with Gasteiger partial charge in [-0.25, -0.2) is 0 Å². The van der Waals surface area contributed by atoms with Crippen LogP contribution < -0.4 is 10.6 Å². The van der Waals surface area contributed by atoms with E-state index in [0.29, 0.717) is 18.5 Å². The maximum absolute atomic E-state index is 12.8. The van der Waals surface area contributed by atoms with Gasteiger partial charge in [0, 0.05) is 32.8 Å². The SMILES string of the molecule is CCC(CC)C(CNC(=O)C1(OC)CCNCC1)N1CCOCC1. The van der Waals surface area contributed by atoms with E-state index in [1.807, 2.05) is 0 Å². The Morgan fingerprint density at radius 1 is 1.25 bits per heavy atom. The Bertz CT molecular complexity index is 376. The molecule has 0 bridgehead atoms. The lowest BCUT2D eigenvalue weighted by atomic mass is 9.89. The maximum Gasteiger partial charge on any atom is 0.252 e. The molecule has 0 radical (unpaired) electrons. The second-order valence-corrected chi connectivity index (χ2v) is 6.95. The summed E-state index contributed by atoms with van der Waals surface area (Å²) in [5.74, 6) is 0.644. The van der Waals surface area contributed by atoms with Crippen LogP contribution in [-0.2, 0) is 14.3 Å². The van der Waals surface area contributed by atoms with Crippen molar-refractivity contribution in [3.8, 4) is 0 Å². The summed E-state index contributed by atoms with van der Waals surface area (Å²) in [6.45, 7) is 10.3. The van der Waals surface area contributed by atoms with Crippen molar-refractivity contribution in [1.82, 2.24) is 15.5 Å². The van der Waals surface area contributed by atoms with Crippen molar-refractivity contribution in [2.24, 2.45) is 5.92 Å². The highest BCUT2D eigenvalue weighted by Gasteiger charge is 2.40. The lowest BCUT2D eigenvalue weighted by Crippen LogP contribution is -2.57. The average Bonchev–Trinajstić information content (AvgIpc) is 2.66. The minimum atomic E-state index is -0.658. The Hall–Kier alpha value is -0.690. The lowest BCUT2D eigenvalue weighted by molar-refractivity contribution is -0.147. The summed E-state index contributed by atoms with van der Waals surface area (Å²) in [4.78, 5) is 15.3. The molecule has 0 aromatic carbocycles. The third kappa shape index (κ3) is 4.69. The molecule has 2 aliphatic heterocycles. The largest absolute Gasteiger partial charge is 0.379 e. The van der Waals surface area contributed by atoms with Crippen LogP contribution in [0.3, 0.4) is 0 Å². The second kappa shape index (κ2) is 9.70. The van der Waals surface area contributed by atoms with E-state index in [-0.39, 0.29) is 5.91 Å². The molecule has 1 unspecified atom stereocenters. The zero-order valence-corrected chi connectivity index (χ0v) is 15.6. The van der Waals surface area contributed by atoms with Crippen molar-refractivity contribution in [3.05, 3.63) is 0 Å². The number of nitrogens with one attached hydrogen (secondary N) is 2. The molecule has 2 rings (SSSR count). The van der Waals surface area contributed by atoms with Crippen LogP contribution in [0, 0.1) is 5.92 Å². The first-order valence-corrected chi connectivity index (χ1v) is 9.52. The fourth-order valence-corrected chi connectivity index (χ4v) is 4.05. The molecule has 0 aromatic rings. The highest BCUT2D eigenvalue weighted by atomic mass is 16.5. The average molecular weight is 341 g/mol. The lowest BCUT2D eigenvalue weighted by Gasteiger charge is -2.40. The van der Waals surface area contributed by atoms with E-state index < -0.39 is 5.60 Å². The Kier molecular flexibility index (Phi) is 7.94. The van der Waals surface area contributed by atoms with Gasteiger partial charge < -0.3 is 20.1 Å². The molecule has 2 saturated heterocycles. The van der Waals surface area contributed by atoms with Crippen LogP contribution in [0.2, 0.25) is 0 Å². The molecule has 2 fully saturated rings. The third-order valence-corrected chi connectivity index (χ3v) is 5.80. The third-order valence-electron chi connectivity index (χ3n) is 5.80. The Morgan fingerprint density at radius 2 is 1.88 bits per heavy atom. The molecule has 140 valence electrons. The molecule has 2 aliphatic rings. The number of nitrogens with zero attached hydrogens (tertiary/aromatic N) is 1. The van der Waals surface area contributed by atoms with Crippen LogP contribution in [0.25, 0.3) is 0 Å². The predicted octanol–water partition coefficient (Wildman–Crippen LogP) is 1.01. The Morgan fingerprint density at radius 3 is 2.42 bits per heavy atom. The van der Waals surface area contributed by atoms with Gasteiger partial charge in [0.05, 0.1) is 13.2 Å². The zero-order valence-electron chi connectivity index (χ0n) is 15.6. The van der Waals surface area contributed by atoms with Crippen molar-refractivity contribution in [2.75, 3.05) is 53.0 Å². The summed E-state index contributed by atoms with van der Waals surface area (Å²) in [5.41, 5.74) is -0.658. The number of hydrogen-bond donors (Lipinski definition) is 2. The van der Waals surface area contributed by atoms with Crippen LogP contribution in [0.15, 0.2) is 0 Å². The van der Waals surface area contributed by atoms with Crippen LogP contribution in [0.5, 0.6) is 0 Å². The van der Waals surface area contributed by atoms with Crippen LogP contribution in [0.1, 0.15) is 39.5 Å². The maximum atomic E-state index is 12.8. The smallest absolute Gasteiger partial charge is 0.252 e. The molecular weight excluding hydrogens is 306 g/mol. The number of hydrogen-bond acceptors (Lipinski definition) is 5. The number of ether oxygens (including phenoxy) is 2. The molecular formula is C18H35N3O3. The standard InChI is InChI=1S/C18H35N3O3/c1-4-15(5-2)16(21-10-12-24-13-11-21)14-20-17(22)18(23-3)6-8-19-9-7-18/h15-16,19H,4-14H2,1-3H3,(H,20,22). The van der Waals surface area contributed by atoms with E-state index in [1.54, 1.807) is 7.11 Å². The van der Waals surface area contributed by atoms with Gasteiger partial charge in [0.15, 0.2) is 0 Å². The van der Waals surface area contributed by atoms with Gasteiger partial charge in [-0.3, -0.25) is 9.69 Å². The predicted molar refractivity (Wildman–Crippen MR) is 95.1 cm³/mol. The van der Waals surface area contributed by atoms with Gasteiger partial charge in [0.2, 0.25) is 0 Å². The van der Waals surface area contributed by atoms with Crippen LogP contribution in [0.4, 0.5) is 0 Å². The fraction of sp³-hybridized carbons (Fsp3) is 0.944. The van der Waals surface area contributed by atoms with Gasteiger partial charge in [-0.05, 0) is 31.8 Å². The molecule has 24 heavy (non-hydrogen) atoms. The second-order valence-electron chi connectivity index (χ2n) is 6.95. The first-order chi connectivity index (χ1) is 11.7. The number of carbonyl (C=O) groups is 1. The van der Waals surface area contributed by atoms with E-state index >= 15 is 0 Å². The monoisotopic (exact) mass is 341 g/mol. The van der Waals surface area contributed by atoms with Crippen molar-refractivity contribution in [1.29, 1.82) is 0 Å². The van der Waals surface area contributed by atoms with Gasteiger partial charge >= 0.3 is 0 Å². The van der Waals surface area contributed by atoms with Gasteiger partial charge in [0.25, 0.3) is 5.91 Å². The number of rotatable bonds is 8. The quantitative estimate of drug-likeness (QED) is 0.690. The van der Waals surface area contributed by atoms with Gasteiger partial charge in [-0.1, -0.05) is 26.7 Å². The van der Waals surface area contributed by atoms with Gasteiger partial charge in [-0.15, -0.1) is 0 Å². The molecule has 0 aliphatic carbocycles. The number of amides is 1. The zero-order chi connectivity index (χ0) is 17.4. The van der Waals surface area contributed by atoms with Crippen molar-refractivity contribution in [3.63, 3.8) is 0 Å². The van der Waals surface area contributed by atoms with E-state index in [0.717, 1.165) is 65.1 Å². The molecule has 6 heteroatoms. The summed E-state index contributed by atoms with van der Waals surface area (Å²) < 4.78 is 11.1. The van der Waals surface area contributed by atoms with Crippen molar-refractivity contribution in [2.45, 2.75) is 51.2 Å². The minimum Gasteiger partial charge on any atom is -0.379 e. The number of piperidine rings is 1. The van der Waals surface area contributed by atoms with Crippen molar-refractivity contribution < 1.29 is 14.3 Å². The van der Waals surface area contributed by atoms with Gasteiger partial charge in [-0.2, -0.15) is 0 Å². The highest BCUT2D eigenvalue weighted by molar-refractivity contribution is 5.85. The first kappa shape index (κ1) is 19.6. The Balaban J connectivity index is 1.98. The van der Waals surface area contributed by atoms with E-state index in [4.69, 9.17) is 9.47 Å². The number of morpholine rings is 1. The first-order valence-electron chi connectivity index (χ1n) is 9.52. The molecule has 2 heterocycles. The van der Waals surface area contributed by atoms with E-state index in [2.05, 4.69) is 29.4 Å². The van der Waals surface area contributed by atoms with Gasteiger partial charge in [0.1, 0.15) is 5.60 Å². The summed E-state index contributed by atoms with van der Waals surface area (Å²) in [6.07, 6.45) is 3.74. The number of carbonyl (C=O) groups excluding carboxylic acids is 1. The summed E-state index contributed by atoms with van der Waals surface area (Å²) in [7, 11) is 1.66. The molecule has 1 amide bonds. The number of methoxy groups -OCH3 is 1. The molecule has 2 N–H and O–H groups in total. The molecule has 0 saturated carbocycles. The molecule has 1 atom stereocenters. The summed E-state index contributed by atoms with van der Waals surface area (Å²) >= 11 is 0. The van der Waals surface area contributed by atoms with Crippen molar-refractivity contribution >= 4 is 5.91 Å². The van der Waals surface area contributed by atoms with Crippen LogP contribution >= 0.6 is 0 Å². The molecule has 0 spiro atoms. The normalized spacial score (nSPS) is 23.2. The van der Waals surface area contributed by atoms with Crippen LogP contribution in [-0.4, -0.2) is 75.5 Å². The summed E-state index contributed by atoms with van der Waals surface area (Å²) in [5, 5.41) is 6.52. The molecule has 6 nitrogen and oxygen atoms in total. The summed E-state index contributed by atoms with van der Waals surface area (Å²) in [6, 6.07) is 0.378. The molecule has 0 aromatic heterocycles. The minimum absolute atomic E-state index is 0.0516. The Labute approximate surface area is 146 Å².